The highest BCUT2D eigenvalue weighted by molar-refractivity contribution is 7.85. The molecule has 0 bridgehead atoms. The number of benzene rings is 1. The van der Waals surface area contributed by atoms with Gasteiger partial charge in [0.25, 0.3) is 5.91 Å². The first-order valence-electron chi connectivity index (χ1n) is 5.35. The Morgan fingerprint density at radius 3 is 2.71 bits per heavy atom. The highest BCUT2D eigenvalue weighted by Crippen LogP contribution is 2.10. The predicted molar refractivity (Wildman–Crippen MR) is 64.9 cm³/mol. The van der Waals surface area contributed by atoms with Gasteiger partial charge < -0.3 is 4.90 Å². The van der Waals surface area contributed by atoms with Crippen LogP contribution in [0.1, 0.15) is 15.9 Å². The molecule has 1 aliphatic heterocycles. The highest BCUT2D eigenvalue weighted by Gasteiger charge is 2.21. The molecular formula is C12H12N2O2S. The molecule has 1 saturated heterocycles. The molecule has 0 aliphatic carbocycles. The molecule has 1 amide bonds. The van der Waals surface area contributed by atoms with Gasteiger partial charge in [0, 0.05) is 41.0 Å². The molecule has 0 unspecified atom stereocenters. The molecule has 1 fully saturated rings. The van der Waals surface area contributed by atoms with Crippen LogP contribution in [0.15, 0.2) is 24.3 Å². The minimum Gasteiger partial charge on any atom is -0.337 e. The topological polar surface area (TPSA) is 61.2 Å². The van der Waals surface area contributed by atoms with Crippen LogP contribution >= 0.6 is 0 Å². The Labute approximate surface area is 102 Å². The number of hydrogen-bond acceptors (Lipinski definition) is 3. The molecule has 1 aromatic rings. The van der Waals surface area contributed by atoms with E-state index in [9.17, 15) is 9.00 Å². The number of carbonyl (C=O) groups is 1. The summed E-state index contributed by atoms with van der Waals surface area (Å²) >= 11 is 0. The number of hydrogen-bond donors (Lipinski definition) is 0. The Balaban J connectivity index is 2.14. The molecule has 1 heterocycles. The second-order valence-electron chi connectivity index (χ2n) is 3.83. The quantitative estimate of drug-likeness (QED) is 0.737. The number of rotatable bonds is 1. The molecule has 1 aliphatic rings. The summed E-state index contributed by atoms with van der Waals surface area (Å²) in [5, 5.41) is 8.77. The molecule has 5 heteroatoms. The van der Waals surface area contributed by atoms with E-state index in [0.29, 0.717) is 35.7 Å². The summed E-state index contributed by atoms with van der Waals surface area (Å²) in [6.45, 7) is 1.06. The average Bonchev–Trinajstić information content (AvgIpc) is 2.39. The minimum absolute atomic E-state index is 0.0844. The molecule has 0 aromatic heterocycles. The Morgan fingerprint density at radius 1 is 1.35 bits per heavy atom. The third-order valence-electron chi connectivity index (χ3n) is 2.70. The first kappa shape index (κ1) is 11.8. The molecule has 0 N–H and O–H groups in total. The fourth-order valence-electron chi connectivity index (χ4n) is 1.75. The molecule has 4 nitrogen and oxygen atoms in total. The lowest BCUT2D eigenvalue weighted by atomic mass is 10.1. The normalized spacial score (nSPS) is 16.5. The smallest absolute Gasteiger partial charge is 0.253 e. The molecule has 0 atom stereocenters. The molecule has 17 heavy (non-hydrogen) atoms. The van der Waals surface area contributed by atoms with Gasteiger partial charge in [-0.25, -0.2) is 0 Å². The Bertz CT molecular complexity index is 497. The van der Waals surface area contributed by atoms with Gasteiger partial charge in [-0.15, -0.1) is 0 Å². The fourth-order valence-corrected chi connectivity index (χ4v) is 2.80. The lowest BCUT2D eigenvalue weighted by Gasteiger charge is -2.26. The third kappa shape index (κ3) is 2.71. The SMILES string of the molecule is N#Cc1cccc(C(=O)N2CCS(=O)CC2)c1. The summed E-state index contributed by atoms with van der Waals surface area (Å²) in [5.41, 5.74) is 1.01. The number of nitriles is 1. The molecule has 0 radical (unpaired) electrons. The van der Waals surface area contributed by atoms with Crippen LogP contribution in [0.2, 0.25) is 0 Å². The van der Waals surface area contributed by atoms with E-state index in [0.717, 1.165) is 0 Å². The van der Waals surface area contributed by atoms with Crippen molar-refractivity contribution in [3.63, 3.8) is 0 Å². The van der Waals surface area contributed by atoms with Crippen molar-refractivity contribution >= 4 is 16.7 Å². The maximum atomic E-state index is 12.1. The van der Waals surface area contributed by atoms with Gasteiger partial charge in [0.15, 0.2) is 0 Å². The summed E-state index contributed by atoms with van der Waals surface area (Å²) in [7, 11) is -0.786. The van der Waals surface area contributed by atoms with Crippen molar-refractivity contribution in [3.05, 3.63) is 35.4 Å². The third-order valence-corrected chi connectivity index (χ3v) is 3.98. The van der Waals surface area contributed by atoms with Crippen LogP contribution in [0, 0.1) is 11.3 Å². The summed E-state index contributed by atoms with van der Waals surface area (Å²) in [6, 6.07) is 8.68. The van der Waals surface area contributed by atoms with E-state index >= 15 is 0 Å². The molecule has 2 rings (SSSR count). The van der Waals surface area contributed by atoms with Crippen molar-refractivity contribution in [2.75, 3.05) is 24.6 Å². The van der Waals surface area contributed by atoms with Gasteiger partial charge in [0.2, 0.25) is 0 Å². The van der Waals surface area contributed by atoms with E-state index < -0.39 is 10.8 Å². The van der Waals surface area contributed by atoms with Crippen LogP contribution in [0.5, 0.6) is 0 Å². The molecule has 1 aromatic carbocycles. The summed E-state index contributed by atoms with van der Waals surface area (Å²) < 4.78 is 11.2. The zero-order valence-electron chi connectivity index (χ0n) is 9.26. The van der Waals surface area contributed by atoms with Crippen molar-refractivity contribution in [3.8, 4) is 6.07 Å². The average molecular weight is 248 g/mol. The second-order valence-corrected chi connectivity index (χ2v) is 5.53. The van der Waals surface area contributed by atoms with Gasteiger partial charge in [0.1, 0.15) is 0 Å². The molecule has 88 valence electrons. The lowest BCUT2D eigenvalue weighted by Crippen LogP contribution is -2.41. The predicted octanol–water partition coefficient (Wildman–Crippen LogP) is 0.763. The largest absolute Gasteiger partial charge is 0.337 e. The zero-order valence-corrected chi connectivity index (χ0v) is 10.1. The van der Waals surface area contributed by atoms with Crippen LogP contribution in [-0.4, -0.2) is 39.6 Å². The Hall–Kier alpha value is -1.67. The van der Waals surface area contributed by atoms with Crippen LogP contribution in [0.3, 0.4) is 0 Å². The maximum Gasteiger partial charge on any atom is 0.253 e. The summed E-state index contributed by atoms with van der Waals surface area (Å²) in [5.74, 6) is 1.01. The number of carbonyl (C=O) groups excluding carboxylic acids is 1. The van der Waals surface area contributed by atoms with Crippen LogP contribution in [0.4, 0.5) is 0 Å². The van der Waals surface area contributed by atoms with Crippen LogP contribution in [-0.2, 0) is 10.8 Å². The second kappa shape index (κ2) is 5.11. The summed E-state index contributed by atoms with van der Waals surface area (Å²) in [6.07, 6.45) is 0. The van der Waals surface area contributed by atoms with E-state index in [1.165, 1.54) is 0 Å². The van der Waals surface area contributed by atoms with E-state index in [2.05, 4.69) is 0 Å². The van der Waals surface area contributed by atoms with E-state index in [4.69, 9.17) is 5.26 Å². The Morgan fingerprint density at radius 2 is 2.06 bits per heavy atom. The van der Waals surface area contributed by atoms with Crippen molar-refractivity contribution in [2.24, 2.45) is 0 Å². The first-order valence-corrected chi connectivity index (χ1v) is 6.84. The van der Waals surface area contributed by atoms with E-state index in [1.807, 2.05) is 6.07 Å². The first-order chi connectivity index (χ1) is 8.20. The van der Waals surface area contributed by atoms with Gasteiger partial charge in [-0.2, -0.15) is 5.26 Å². The molecular weight excluding hydrogens is 236 g/mol. The number of amides is 1. The standard InChI is InChI=1S/C12H12N2O2S/c13-9-10-2-1-3-11(8-10)12(15)14-4-6-17(16)7-5-14/h1-3,8H,4-7H2. The van der Waals surface area contributed by atoms with Crippen molar-refractivity contribution in [1.82, 2.24) is 4.90 Å². The van der Waals surface area contributed by atoms with Crippen molar-refractivity contribution < 1.29 is 9.00 Å². The Kier molecular flexibility index (Phi) is 3.55. The van der Waals surface area contributed by atoms with Crippen molar-refractivity contribution in [1.29, 1.82) is 5.26 Å². The van der Waals surface area contributed by atoms with E-state index in [1.54, 1.807) is 29.2 Å². The van der Waals surface area contributed by atoms with Crippen molar-refractivity contribution in [2.45, 2.75) is 0 Å². The molecule has 0 spiro atoms. The van der Waals surface area contributed by atoms with Crippen LogP contribution in [0.25, 0.3) is 0 Å². The molecule has 0 saturated carbocycles. The maximum absolute atomic E-state index is 12.1. The fraction of sp³-hybridized carbons (Fsp3) is 0.333. The minimum atomic E-state index is -0.786. The lowest BCUT2D eigenvalue weighted by molar-refractivity contribution is 0.0771. The zero-order chi connectivity index (χ0) is 12.3. The van der Waals surface area contributed by atoms with Gasteiger partial charge in [-0.05, 0) is 18.2 Å². The summed E-state index contributed by atoms with van der Waals surface area (Å²) in [4.78, 5) is 13.8. The van der Waals surface area contributed by atoms with Gasteiger partial charge in [-0.3, -0.25) is 9.00 Å². The van der Waals surface area contributed by atoms with Crippen LogP contribution < -0.4 is 0 Å². The monoisotopic (exact) mass is 248 g/mol. The van der Waals surface area contributed by atoms with Gasteiger partial charge >= 0.3 is 0 Å². The van der Waals surface area contributed by atoms with Gasteiger partial charge in [-0.1, -0.05) is 6.07 Å². The number of nitrogens with zero attached hydrogens (tertiary/aromatic N) is 2. The van der Waals surface area contributed by atoms with E-state index in [-0.39, 0.29) is 5.91 Å². The van der Waals surface area contributed by atoms with Gasteiger partial charge in [0.05, 0.1) is 11.6 Å². The highest BCUT2D eigenvalue weighted by atomic mass is 32.2.